The molecule has 140 valence electrons. The van der Waals surface area contributed by atoms with Gasteiger partial charge in [-0.15, -0.1) is 0 Å². The number of hydrogen-bond acceptors (Lipinski definition) is 4. The second-order valence-corrected chi connectivity index (χ2v) is 9.85. The van der Waals surface area contributed by atoms with Gasteiger partial charge in [0.15, 0.2) is 9.84 Å². The normalized spacial score (nSPS) is 16.0. The summed E-state index contributed by atoms with van der Waals surface area (Å²) in [6, 6.07) is 13.3. The van der Waals surface area contributed by atoms with Crippen molar-refractivity contribution in [2.45, 2.75) is 18.7 Å². The van der Waals surface area contributed by atoms with Crippen LogP contribution in [0.4, 0.5) is 5.69 Å². The minimum Gasteiger partial charge on any atom is -0.369 e. The minimum absolute atomic E-state index is 0.165. The first-order valence-corrected chi connectivity index (χ1v) is 11.3. The maximum absolute atomic E-state index is 12.5. The third-order valence-corrected chi connectivity index (χ3v) is 7.38. The Morgan fingerprint density at radius 2 is 1.62 bits per heavy atom. The summed E-state index contributed by atoms with van der Waals surface area (Å²) < 4.78 is 25.9. The van der Waals surface area contributed by atoms with E-state index in [0.29, 0.717) is 11.4 Å². The molecule has 0 amide bonds. The van der Waals surface area contributed by atoms with Crippen LogP contribution in [-0.2, 0) is 9.84 Å². The SMILES string of the molecule is Cc1cccc(N2CCN(CCS(=O)(=O)c3ccc(Br)cc3)CC2)c1C. The van der Waals surface area contributed by atoms with Gasteiger partial charge in [-0.1, -0.05) is 28.1 Å². The lowest BCUT2D eigenvalue weighted by molar-refractivity contribution is 0.272. The smallest absolute Gasteiger partial charge is 0.179 e. The third kappa shape index (κ3) is 4.48. The Hall–Kier alpha value is -1.37. The number of sulfone groups is 1. The Balaban J connectivity index is 1.56. The molecule has 0 atom stereocenters. The fraction of sp³-hybridized carbons (Fsp3) is 0.400. The van der Waals surface area contributed by atoms with Crippen LogP contribution in [0.5, 0.6) is 0 Å². The highest BCUT2D eigenvalue weighted by atomic mass is 79.9. The highest BCUT2D eigenvalue weighted by molar-refractivity contribution is 9.10. The summed E-state index contributed by atoms with van der Waals surface area (Å²) in [5.41, 5.74) is 3.94. The van der Waals surface area contributed by atoms with E-state index in [2.05, 4.69) is 57.8 Å². The monoisotopic (exact) mass is 436 g/mol. The van der Waals surface area contributed by atoms with Crippen LogP contribution in [0, 0.1) is 13.8 Å². The summed E-state index contributed by atoms with van der Waals surface area (Å²) in [5, 5.41) is 0. The van der Waals surface area contributed by atoms with Gasteiger partial charge >= 0.3 is 0 Å². The first-order valence-electron chi connectivity index (χ1n) is 8.89. The molecule has 0 N–H and O–H groups in total. The number of piperazine rings is 1. The zero-order chi connectivity index (χ0) is 18.7. The van der Waals surface area contributed by atoms with Crippen molar-refractivity contribution in [1.29, 1.82) is 0 Å². The first-order chi connectivity index (χ1) is 12.4. The van der Waals surface area contributed by atoms with Gasteiger partial charge in [0, 0.05) is 42.9 Å². The number of benzene rings is 2. The Morgan fingerprint density at radius 3 is 2.27 bits per heavy atom. The molecule has 1 saturated heterocycles. The summed E-state index contributed by atoms with van der Waals surface area (Å²) in [6.07, 6.45) is 0. The van der Waals surface area contributed by atoms with Crippen molar-refractivity contribution >= 4 is 31.5 Å². The summed E-state index contributed by atoms with van der Waals surface area (Å²) in [7, 11) is -3.23. The van der Waals surface area contributed by atoms with Crippen molar-refractivity contribution in [3.05, 3.63) is 58.1 Å². The van der Waals surface area contributed by atoms with Gasteiger partial charge in [0.25, 0.3) is 0 Å². The Morgan fingerprint density at radius 1 is 0.962 bits per heavy atom. The maximum atomic E-state index is 12.5. The van der Waals surface area contributed by atoms with Crippen LogP contribution < -0.4 is 4.90 Å². The lowest BCUT2D eigenvalue weighted by Crippen LogP contribution is -2.47. The van der Waals surface area contributed by atoms with Crippen LogP contribution in [0.15, 0.2) is 51.8 Å². The van der Waals surface area contributed by atoms with Gasteiger partial charge in [0.05, 0.1) is 10.6 Å². The Bertz CT molecular complexity index is 858. The molecule has 2 aromatic carbocycles. The van der Waals surface area contributed by atoms with Gasteiger partial charge in [-0.3, -0.25) is 4.90 Å². The number of hydrogen-bond donors (Lipinski definition) is 0. The molecule has 0 radical (unpaired) electrons. The van der Waals surface area contributed by atoms with Crippen molar-refractivity contribution < 1.29 is 8.42 Å². The number of aryl methyl sites for hydroxylation is 1. The molecular formula is C20H25BrN2O2S. The molecule has 0 spiro atoms. The molecular weight excluding hydrogens is 412 g/mol. The molecule has 1 heterocycles. The van der Waals surface area contributed by atoms with Crippen molar-refractivity contribution in [2.75, 3.05) is 43.4 Å². The number of nitrogens with zero attached hydrogens (tertiary/aromatic N) is 2. The van der Waals surface area contributed by atoms with E-state index in [9.17, 15) is 8.42 Å². The van der Waals surface area contributed by atoms with Crippen molar-refractivity contribution in [2.24, 2.45) is 0 Å². The molecule has 1 fully saturated rings. The van der Waals surface area contributed by atoms with Crippen LogP contribution in [-0.4, -0.2) is 51.8 Å². The van der Waals surface area contributed by atoms with E-state index in [4.69, 9.17) is 0 Å². The van der Waals surface area contributed by atoms with E-state index in [1.54, 1.807) is 24.3 Å². The fourth-order valence-corrected chi connectivity index (χ4v) is 4.85. The molecule has 0 aromatic heterocycles. The fourth-order valence-electron chi connectivity index (χ4n) is 3.30. The molecule has 1 aliphatic rings. The highest BCUT2D eigenvalue weighted by Gasteiger charge is 2.21. The van der Waals surface area contributed by atoms with Gasteiger partial charge in [-0.25, -0.2) is 8.42 Å². The first kappa shape index (κ1) is 19.4. The summed E-state index contributed by atoms with van der Waals surface area (Å²) in [5.74, 6) is 0.165. The van der Waals surface area contributed by atoms with Crippen LogP contribution >= 0.6 is 15.9 Å². The quantitative estimate of drug-likeness (QED) is 0.716. The second kappa shape index (κ2) is 8.11. The zero-order valence-corrected chi connectivity index (χ0v) is 17.7. The molecule has 1 aliphatic heterocycles. The summed E-state index contributed by atoms with van der Waals surface area (Å²) >= 11 is 3.34. The van der Waals surface area contributed by atoms with E-state index in [-0.39, 0.29) is 5.75 Å². The van der Waals surface area contributed by atoms with Crippen LogP contribution in [0.25, 0.3) is 0 Å². The van der Waals surface area contributed by atoms with Crippen molar-refractivity contribution in [3.8, 4) is 0 Å². The van der Waals surface area contributed by atoms with E-state index < -0.39 is 9.84 Å². The van der Waals surface area contributed by atoms with E-state index >= 15 is 0 Å². The van der Waals surface area contributed by atoms with E-state index in [1.165, 1.54) is 16.8 Å². The molecule has 0 bridgehead atoms. The van der Waals surface area contributed by atoms with Gasteiger partial charge < -0.3 is 4.90 Å². The van der Waals surface area contributed by atoms with E-state index in [1.807, 2.05) is 0 Å². The topological polar surface area (TPSA) is 40.6 Å². The molecule has 6 heteroatoms. The van der Waals surface area contributed by atoms with Crippen LogP contribution in [0.2, 0.25) is 0 Å². The van der Waals surface area contributed by atoms with Crippen LogP contribution in [0.1, 0.15) is 11.1 Å². The molecule has 0 unspecified atom stereocenters. The summed E-state index contributed by atoms with van der Waals surface area (Å²) in [6.45, 7) is 8.54. The van der Waals surface area contributed by atoms with Crippen LogP contribution in [0.3, 0.4) is 0 Å². The standard InChI is InChI=1S/C20H25BrN2O2S/c1-16-4-3-5-20(17(16)2)23-12-10-22(11-13-23)14-15-26(24,25)19-8-6-18(21)7-9-19/h3-9H,10-15H2,1-2H3. The predicted octanol–water partition coefficient (Wildman–Crippen LogP) is 3.66. The van der Waals surface area contributed by atoms with Gasteiger partial charge in [-0.05, 0) is 55.3 Å². The molecule has 26 heavy (non-hydrogen) atoms. The zero-order valence-electron chi connectivity index (χ0n) is 15.3. The van der Waals surface area contributed by atoms with Gasteiger partial charge in [-0.2, -0.15) is 0 Å². The average molecular weight is 437 g/mol. The largest absolute Gasteiger partial charge is 0.369 e. The second-order valence-electron chi connectivity index (χ2n) is 6.82. The predicted molar refractivity (Wildman–Crippen MR) is 111 cm³/mol. The average Bonchev–Trinajstić information content (AvgIpc) is 2.63. The lowest BCUT2D eigenvalue weighted by Gasteiger charge is -2.37. The molecule has 0 aliphatic carbocycles. The molecule has 4 nitrogen and oxygen atoms in total. The van der Waals surface area contributed by atoms with Crippen molar-refractivity contribution in [1.82, 2.24) is 4.90 Å². The maximum Gasteiger partial charge on any atom is 0.179 e. The number of anilines is 1. The lowest BCUT2D eigenvalue weighted by atomic mass is 10.1. The minimum atomic E-state index is -3.23. The van der Waals surface area contributed by atoms with Gasteiger partial charge in [0.2, 0.25) is 0 Å². The third-order valence-electron chi connectivity index (χ3n) is 5.14. The number of halogens is 1. The molecule has 2 aromatic rings. The van der Waals surface area contributed by atoms with Gasteiger partial charge in [0.1, 0.15) is 0 Å². The molecule has 0 saturated carbocycles. The Labute approximate surface area is 164 Å². The highest BCUT2D eigenvalue weighted by Crippen LogP contribution is 2.24. The molecule has 3 rings (SSSR count). The van der Waals surface area contributed by atoms with E-state index in [0.717, 1.165) is 30.7 Å². The summed E-state index contributed by atoms with van der Waals surface area (Å²) in [4.78, 5) is 5.05. The van der Waals surface area contributed by atoms with Crippen molar-refractivity contribution in [3.63, 3.8) is 0 Å². The number of rotatable bonds is 5. The Kier molecular flexibility index (Phi) is 6.05.